The molecule has 0 bridgehead atoms. The van der Waals surface area contributed by atoms with Gasteiger partial charge in [-0.15, -0.1) is 0 Å². The van der Waals surface area contributed by atoms with Gasteiger partial charge in [0.2, 0.25) is 0 Å². The molecule has 0 radical (unpaired) electrons. The molecule has 0 amide bonds. The molecule has 0 aromatic heterocycles. The molecule has 4 heteroatoms. The van der Waals surface area contributed by atoms with Gasteiger partial charge in [0.25, 0.3) is 5.70 Å². The number of rotatable bonds is 4. The average molecular weight is 224 g/mol. The largest absolute Gasteiger partial charge is 0.506 e. The lowest BCUT2D eigenvalue weighted by Crippen LogP contribution is -2.55. The fourth-order valence-corrected chi connectivity index (χ4v) is 2.11. The predicted molar refractivity (Wildman–Crippen MR) is 61.5 cm³/mol. The number of aliphatic hydroxyl groups is 1. The summed E-state index contributed by atoms with van der Waals surface area (Å²) in [5.74, 6) is -0.441. The van der Waals surface area contributed by atoms with E-state index in [1.807, 2.05) is 0 Å². The monoisotopic (exact) mass is 224 g/mol. The van der Waals surface area contributed by atoms with Crippen LogP contribution in [-0.2, 0) is 9.53 Å². The number of hydrogen-bond acceptors (Lipinski definition) is 3. The lowest BCUT2D eigenvalue weighted by molar-refractivity contribution is -0.881. The van der Waals surface area contributed by atoms with E-state index in [1.165, 1.54) is 6.92 Å². The van der Waals surface area contributed by atoms with Crippen LogP contribution in [0, 0.1) is 0 Å². The Hall–Kier alpha value is -1.55. The molecule has 0 spiro atoms. The average Bonchev–Trinajstić information content (AvgIpc) is 2.17. The maximum atomic E-state index is 11.7. The minimum atomic E-state index is -0.449. The Bertz CT molecular complexity index is 330. The highest BCUT2D eigenvalue weighted by molar-refractivity contribution is 5.87. The van der Waals surface area contributed by atoms with Gasteiger partial charge >= 0.3 is 5.97 Å². The highest BCUT2D eigenvalue weighted by Crippen LogP contribution is 2.25. The summed E-state index contributed by atoms with van der Waals surface area (Å²) >= 11 is 0. The number of cyclic esters (lactones) is 1. The molecular weight excluding hydrogens is 206 g/mol. The number of quaternary nitrogens is 1. The second-order valence-electron chi connectivity index (χ2n) is 3.88. The van der Waals surface area contributed by atoms with Crippen molar-refractivity contribution in [3.63, 3.8) is 0 Å². The quantitative estimate of drug-likeness (QED) is 0.259. The Labute approximate surface area is 95.7 Å². The summed E-state index contributed by atoms with van der Waals surface area (Å²) in [6.07, 6.45) is 3.48. The van der Waals surface area contributed by atoms with Gasteiger partial charge in [0, 0.05) is 0 Å². The molecule has 0 unspecified atom stereocenters. The van der Waals surface area contributed by atoms with Crippen molar-refractivity contribution >= 4 is 5.97 Å². The Kier molecular flexibility index (Phi) is 3.90. The van der Waals surface area contributed by atoms with Crippen molar-refractivity contribution < 1.29 is 19.1 Å². The van der Waals surface area contributed by atoms with Gasteiger partial charge in [-0.1, -0.05) is 13.2 Å². The Morgan fingerprint density at radius 1 is 1.50 bits per heavy atom. The van der Waals surface area contributed by atoms with Crippen LogP contribution in [-0.4, -0.2) is 41.8 Å². The number of carbonyl (C=O) groups is 1. The van der Waals surface area contributed by atoms with Crippen molar-refractivity contribution in [2.75, 3.05) is 26.2 Å². The molecule has 1 aliphatic heterocycles. The van der Waals surface area contributed by atoms with Crippen LogP contribution < -0.4 is 0 Å². The maximum absolute atomic E-state index is 11.7. The zero-order valence-corrected chi connectivity index (χ0v) is 9.61. The second-order valence-corrected chi connectivity index (χ2v) is 3.88. The third kappa shape index (κ3) is 2.17. The minimum Gasteiger partial charge on any atom is -0.506 e. The molecule has 0 aromatic rings. The van der Waals surface area contributed by atoms with Gasteiger partial charge in [-0.05, 0) is 19.1 Å². The SMILES string of the molecule is C=CC[N+]1(CC=C)CCOC(=O)/C1=C(\C)O. The number of allylic oxidation sites excluding steroid dienone is 1. The molecule has 4 nitrogen and oxygen atoms in total. The Balaban J connectivity index is 3.21. The van der Waals surface area contributed by atoms with E-state index in [-0.39, 0.29) is 5.76 Å². The summed E-state index contributed by atoms with van der Waals surface area (Å²) < 4.78 is 5.30. The zero-order valence-electron chi connectivity index (χ0n) is 9.61. The van der Waals surface area contributed by atoms with Crippen LogP contribution in [0.25, 0.3) is 0 Å². The second kappa shape index (κ2) is 4.99. The van der Waals surface area contributed by atoms with Crippen LogP contribution >= 0.6 is 0 Å². The van der Waals surface area contributed by atoms with E-state index in [0.29, 0.717) is 36.4 Å². The molecule has 1 saturated heterocycles. The maximum Gasteiger partial charge on any atom is 0.396 e. The highest BCUT2D eigenvalue weighted by atomic mass is 16.5. The van der Waals surface area contributed by atoms with Crippen molar-refractivity contribution in [3.05, 3.63) is 36.8 Å². The van der Waals surface area contributed by atoms with Gasteiger partial charge < -0.3 is 9.84 Å². The minimum absolute atomic E-state index is 0.00778. The third-order valence-corrected chi connectivity index (χ3v) is 2.72. The molecule has 1 aliphatic rings. The van der Waals surface area contributed by atoms with E-state index in [9.17, 15) is 9.90 Å². The topological polar surface area (TPSA) is 46.5 Å². The molecule has 88 valence electrons. The molecule has 1 N–H and O–H groups in total. The smallest absolute Gasteiger partial charge is 0.396 e. The highest BCUT2D eigenvalue weighted by Gasteiger charge is 2.42. The van der Waals surface area contributed by atoms with Crippen molar-refractivity contribution in [2.24, 2.45) is 0 Å². The van der Waals surface area contributed by atoms with Crippen LogP contribution in [0.4, 0.5) is 0 Å². The number of esters is 1. The lowest BCUT2D eigenvalue weighted by Gasteiger charge is -2.39. The molecule has 0 aromatic carbocycles. The summed E-state index contributed by atoms with van der Waals surface area (Å²) in [4.78, 5) is 11.7. The molecule has 16 heavy (non-hydrogen) atoms. The van der Waals surface area contributed by atoms with E-state index < -0.39 is 5.97 Å². The van der Waals surface area contributed by atoms with E-state index >= 15 is 0 Å². The van der Waals surface area contributed by atoms with E-state index in [0.717, 1.165) is 0 Å². The first kappa shape index (κ1) is 12.5. The molecule has 1 rings (SSSR count). The van der Waals surface area contributed by atoms with E-state index in [4.69, 9.17) is 4.74 Å². The predicted octanol–water partition coefficient (Wildman–Crippen LogP) is 1.52. The number of nitrogens with zero attached hydrogens (tertiary/aromatic N) is 1. The summed E-state index contributed by atoms with van der Waals surface area (Å²) in [5.41, 5.74) is 0.311. The Morgan fingerprint density at radius 3 is 2.50 bits per heavy atom. The fraction of sp³-hybridized carbons (Fsp3) is 0.417. The van der Waals surface area contributed by atoms with Crippen molar-refractivity contribution in [3.8, 4) is 0 Å². The first-order chi connectivity index (χ1) is 7.57. The zero-order chi connectivity index (χ0) is 12.2. The van der Waals surface area contributed by atoms with Crippen LogP contribution in [0.3, 0.4) is 0 Å². The number of ether oxygens (including phenoxy) is 1. The molecule has 1 heterocycles. The van der Waals surface area contributed by atoms with Gasteiger partial charge in [-0.2, -0.15) is 0 Å². The standard InChI is InChI=1S/C12H17NO3/c1-4-6-13(7-5-2)8-9-16-12(15)11(13)10(3)14/h4-5H,1-2,6-9H2,3H3/p+1. The van der Waals surface area contributed by atoms with Gasteiger partial charge in [0.05, 0.1) is 0 Å². The molecule has 0 saturated carbocycles. The Morgan fingerprint density at radius 2 is 2.06 bits per heavy atom. The summed E-state index contributed by atoms with van der Waals surface area (Å²) in [6.45, 7) is 11.0. The van der Waals surface area contributed by atoms with E-state index in [1.54, 1.807) is 12.2 Å². The molecular formula is C12H18NO3+. The van der Waals surface area contributed by atoms with Crippen LogP contribution in [0.5, 0.6) is 0 Å². The number of morpholine rings is 1. The number of aliphatic hydroxyl groups excluding tert-OH is 1. The van der Waals surface area contributed by atoms with Crippen LogP contribution in [0.2, 0.25) is 0 Å². The van der Waals surface area contributed by atoms with Gasteiger partial charge in [-0.25, -0.2) is 4.79 Å². The molecule has 1 fully saturated rings. The summed E-state index contributed by atoms with van der Waals surface area (Å²) in [5, 5.41) is 9.63. The third-order valence-electron chi connectivity index (χ3n) is 2.72. The summed E-state index contributed by atoms with van der Waals surface area (Å²) in [6, 6.07) is 0. The van der Waals surface area contributed by atoms with Crippen molar-refractivity contribution in [1.82, 2.24) is 0 Å². The molecule has 0 aliphatic carbocycles. The molecule has 0 atom stereocenters. The van der Waals surface area contributed by atoms with Crippen molar-refractivity contribution in [1.29, 1.82) is 0 Å². The normalized spacial score (nSPS) is 22.2. The summed E-state index contributed by atoms with van der Waals surface area (Å²) in [7, 11) is 0. The van der Waals surface area contributed by atoms with Crippen LogP contribution in [0.1, 0.15) is 6.92 Å². The van der Waals surface area contributed by atoms with Gasteiger partial charge in [-0.3, -0.25) is 4.48 Å². The number of hydrogen-bond donors (Lipinski definition) is 1. The first-order valence-corrected chi connectivity index (χ1v) is 5.23. The van der Waals surface area contributed by atoms with Crippen LogP contribution in [0.15, 0.2) is 36.8 Å². The van der Waals surface area contributed by atoms with Gasteiger partial charge in [0.15, 0.2) is 5.76 Å². The van der Waals surface area contributed by atoms with Crippen molar-refractivity contribution in [2.45, 2.75) is 6.92 Å². The van der Waals surface area contributed by atoms with E-state index in [2.05, 4.69) is 13.2 Å². The first-order valence-electron chi connectivity index (χ1n) is 5.23. The fourth-order valence-electron chi connectivity index (χ4n) is 2.11. The number of carbonyl (C=O) groups excluding carboxylic acids is 1. The lowest BCUT2D eigenvalue weighted by atomic mass is 10.2. The van der Waals surface area contributed by atoms with Gasteiger partial charge in [0.1, 0.15) is 26.2 Å².